The van der Waals surface area contributed by atoms with Crippen LogP contribution >= 0.6 is 11.8 Å². The molecule has 1 heterocycles. The Morgan fingerprint density at radius 3 is 2.50 bits per heavy atom. The molecule has 12 heavy (non-hydrogen) atoms. The molecule has 1 aliphatic heterocycles. The summed E-state index contributed by atoms with van der Waals surface area (Å²) in [7, 11) is 0. The first-order chi connectivity index (χ1) is 5.56. The minimum Gasteiger partial charge on any atom is -0.324 e. The Bertz CT molecular complexity index is 184. The van der Waals surface area contributed by atoms with Gasteiger partial charge in [0.1, 0.15) is 0 Å². The molecule has 2 aliphatic rings. The van der Waals surface area contributed by atoms with Crippen LogP contribution in [-0.2, 0) is 0 Å². The Kier molecular flexibility index (Phi) is 1.96. The first kappa shape index (κ1) is 8.89. The first-order valence-electron chi connectivity index (χ1n) is 4.93. The van der Waals surface area contributed by atoms with Crippen LogP contribution < -0.4 is 5.73 Å². The van der Waals surface area contributed by atoms with Gasteiger partial charge in [-0.05, 0) is 42.1 Å². The van der Waals surface area contributed by atoms with Gasteiger partial charge in [-0.25, -0.2) is 0 Å². The molecule has 2 rings (SSSR count). The van der Waals surface area contributed by atoms with Crippen molar-refractivity contribution in [3.8, 4) is 0 Å². The van der Waals surface area contributed by atoms with Gasteiger partial charge in [-0.1, -0.05) is 13.8 Å². The number of hydrogen-bond donors (Lipinski definition) is 1. The van der Waals surface area contributed by atoms with E-state index in [0.29, 0.717) is 5.41 Å². The van der Waals surface area contributed by atoms with E-state index in [9.17, 15) is 0 Å². The summed E-state index contributed by atoms with van der Waals surface area (Å²) in [5, 5.41) is 0. The van der Waals surface area contributed by atoms with E-state index in [1.165, 1.54) is 30.8 Å². The van der Waals surface area contributed by atoms with Gasteiger partial charge in [0, 0.05) is 5.54 Å². The van der Waals surface area contributed by atoms with Crippen molar-refractivity contribution in [2.45, 2.75) is 38.6 Å². The molecule has 0 spiro atoms. The van der Waals surface area contributed by atoms with Gasteiger partial charge >= 0.3 is 0 Å². The van der Waals surface area contributed by atoms with E-state index in [4.69, 9.17) is 5.73 Å². The Morgan fingerprint density at radius 2 is 2.08 bits per heavy atom. The summed E-state index contributed by atoms with van der Waals surface area (Å²) in [5.74, 6) is 3.46. The van der Waals surface area contributed by atoms with E-state index in [1.807, 2.05) is 0 Å². The molecule has 2 heteroatoms. The highest BCUT2D eigenvalue weighted by Gasteiger charge is 2.61. The van der Waals surface area contributed by atoms with Gasteiger partial charge in [0.05, 0.1) is 0 Å². The van der Waals surface area contributed by atoms with E-state index >= 15 is 0 Å². The van der Waals surface area contributed by atoms with Crippen molar-refractivity contribution >= 4 is 11.8 Å². The van der Waals surface area contributed by atoms with E-state index in [1.54, 1.807) is 0 Å². The maximum Gasteiger partial charge on any atom is 0.0249 e. The monoisotopic (exact) mass is 185 g/mol. The summed E-state index contributed by atoms with van der Waals surface area (Å²) in [6.45, 7) is 4.62. The van der Waals surface area contributed by atoms with Crippen molar-refractivity contribution < 1.29 is 0 Å². The van der Waals surface area contributed by atoms with Crippen LogP contribution in [0.25, 0.3) is 0 Å². The maximum absolute atomic E-state index is 6.39. The standard InChI is InChI=1S/C10H19NS/c1-9(2)7-10(9,11)8-4-3-5-12-6-8/h8H,3-7,11H2,1-2H3. The zero-order valence-corrected chi connectivity index (χ0v) is 8.91. The molecule has 0 aromatic carbocycles. The molecular weight excluding hydrogens is 166 g/mol. The minimum absolute atomic E-state index is 0.195. The minimum atomic E-state index is 0.195. The molecular formula is C10H19NS. The molecule has 2 atom stereocenters. The predicted molar refractivity (Wildman–Crippen MR) is 55.4 cm³/mol. The molecule has 0 aromatic rings. The van der Waals surface area contributed by atoms with Crippen LogP contribution in [0.3, 0.4) is 0 Å². The van der Waals surface area contributed by atoms with Crippen LogP contribution in [0.1, 0.15) is 33.1 Å². The topological polar surface area (TPSA) is 26.0 Å². The highest BCUT2D eigenvalue weighted by atomic mass is 32.2. The van der Waals surface area contributed by atoms with E-state index in [2.05, 4.69) is 25.6 Å². The smallest absolute Gasteiger partial charge is 0.0249 e. The molecule has 0 radical (unpaired) electrons. The lowest BCUT2D eigenvalue weighted by Gasteiger charge is -2.29. The highest BCUT2D eigenvalue weighted by molar-refractivity contribution is 7.99. The largest absolute Gasteiger partial charge is 0.324 e. The second-order valence-electron chi connectivity index (χ2n) is 5.02. The normalized spacial score (nSPS) is 45.8. The average Bonchev–Trinajstić information content (AvgIpc) is 2.55. The molecule has 2 fully saturated rings. The van der Waals surface area contributed by atoms with Gasteiger partial charge in [0.25, 0.3) is 0 Å². The Hall–Kier alpha value is 0.310. The first-order valence-corrected chi connectivity index (χ1v) is 6.08. The summed E-state index contributed by atoms with van der Waals surface area (Å²) < 4.78 is 0. The molecule has 0 aromatic heterocycles. The summed E-state index contributed by atoms with van der Waals surface area (Å²) in [5.41, 5.74) is 7.01. The summed E-state index contributed by atoms with van der Waals surface area (Å²) in [6.07, 6.45) is 3.99. The van der Waals surface area contributed by atoms with E-state index in [0.717, 1.165) is 5.92 Å². The van der Waals surface area contributed by atoms with E-state index in [-0.39, 0.29) is 5.54 Å². The van der Waals surface area contributed by atoms with Gasteiger partial charge in [-0.15, -0.1) is 0 Å². The van der Waals surface area contributed by atoms with Crippen molar-refractivity contribution in [2.75, 3.05) is 11.5 Å². The Morgan fingerprint density at radius 1 is 1.42 bits per heavy atom. The number of nitrogens with two attached hydrogens (primary N) is 1. The number of rotatable bonds is 1. The lowest BCUT2D eigenvalue weighted by atomic mass is 9.89. The summed E-state index contributed by atoms with van der Waals surface area (Å²) in [6, 6.07) is 0. The molecule has 70 valence electrons. The fourth-order valence-electron chi connectivity index (χ4n) is 2.53. The van der Waals surface area contributed by atoms with Crippen LogP contribution in [0, 0.1) is 11.3 Å². The van der Waals surface area contributed by atoms with Crippen molar-refractivity contribution in [3.05, 3.63) is 0 Å². The average molecular weight is 185 g/mol. The number of hydrogen-bond acceptors (Lipinski definition) is 2. The fourth-order valence-corrected chi connectivity index (χ4v) is 3.82. The molecule has 2 unspecified atom stereocenters. The van der Waals surface area contributed by atoms with Crippen molar-refractivity contribution in [3.63, 3.8) is 0 Å². The predicted octanol–water partition coefficient (Wildman–Crippen LogP) is 2.26. The quantitative estimate of drug-likeness (QED) is 0.678. The van der Waals surface area contributed by atoms with Crippen molar-refractivity contribution in [2.24, 2.45) is 17.1 Å². The maximum atomic E-state index is 6.39. The molecule has 0 bridgehead atoms. The van der Waals surface area contributed by atoms with Gasteiger partial charge in [-0.3, -0.25) is 0 Å². The lowest BCUT2D eigenvalue weighted by Crippen LogP contribution is -2.40. The van der Waals surface area contributed by atoms with Gasteiger partial charge < -0.3 is 5.73 Å². The van der Waals surface area contributed by atoms with Crippen molar-refractivity contribution in [1.82, 2.24) is 0 Å². The SMILES string of the molecule is CC1(C)CC1(N)C1CCCSC1. The molecule has 1 saturated heterocycles. The van der Waals surface area contributed by atoms with Crippen LogP contribution in [0.4, 0.5) is 0 Å². The molecule has 1 saturated carbocycles. The van der Waals surface area contributed by atoms with Gasteiger partial charge in [0.15, 0.2) is 0 Å². The lowest BCUT2D eigenvalue weighted by molar-refractivity contribution is 0.341. The summed E-state index contributed by atoms with van der Waals surface area (Å²) >= 11 is 2.09. The van der Waals surface area contributed by atoms with Gasteiger partial charge in [-0.2, -0.15) is 11.8 Å². The third kappa shape index (κ3) is 1.20. The molecule has 1 nitrogen and oxygen atoms in total. The van der Waals surface area contributed by atoms with Crippen LogP contribution in [0.15, 0.2) is 0 Å². The molecule has 2 N–H and O–H groups in total. The Labute approximate surface area is 79.5 Å². The Balaban J connectivity index is 2.00. The molecule has 1 aliphatic carbocycles. The zero-order valence-electron chi connectivity index (χ0n) is 8.10. The highest BCUT2D eigenvalue weighted by Crippen LogP contribution is 2.59. The third-order valence-corrected chi connectivity index (χ3v) is 4.97. The van der Waals surface area contributed by atoms with E-state index < -0.39 is 0 Å². The second kappa shape index (κ2) is 2.65. The van der Waals surface area contributed by atoms with Crippen molar-refractivity contribution in [1.29, 1.82) is 0 Å². The van der Waals surface area contributed by atoms with Crippen LogP contribution in [0.2, 0.25) is 0 Å². The number of thioether (sulfide) groups is 1. The molecule has 0 amide bonds. The van der Waals surface area contributed by atoms with Crippen LogP contribution in [-0.4, -0.2) is 17.0 Å². The second-order valence-corrected chi connectivity index (χ2v) is 6.16. The van der Waals surface area contributed by atoms with Crippen LogP contribution in [0.5, 0.6) is 0 Å². The fraction of sp³-hybridized carbons (Fsp3) is 1.00. The summed E-state index contributed by atoms with van der Waals surface area (Å²) in [4.78, 5) is 0. The van der Waals surface area contributed by atoms with Gasteiger partial charge in [0.2, 0.25) is 0 Å². The zero-order chi connectivity index (χ0) is 8.82. The third-order valence-electron chi connectivity index (χ3n) is 3.76.